The minimum Gasteiger partial charge on any atom is -0.497 e. The molecule has 108 valence electrons. The van der Waals surface area contributed by atoms with E-state index in [1.165, 1.54) is 5.39 Å². The summed E-state index contributed by atoms with van der Waals surface area (Å²) in [7, 11) is 1.65. The first-order chi connectivity index (χ1) is 10.3. The molecule has 4 heteroatoms. The quantitative estimate of drug-likeness (QED) is 0.755. The van der Waals surface area contributed by atoms with Gasteiger partial charge in [-0.1, -0.05) is 12.1 Å². The first-order valence-corrected chi connectivity index (χ1v) is 6.86. The van der Waals surface area contributed by atoms with Crippen molar-refractivity contribution in [2.45, 2.75) is 13.2 Å². The predicted molar refractivity (Wildman–Crippen MR) is 83.5 cm³/mol. The number of hydrogen-bond acceptors (Lipinski definition) is 3. The number of ether oxygens (including phenoxy) is 2. The number of aromatic amines is 1. The van der Waals surface area contributed by atoms with Crippen molar-refractivity contribution in [1.82, 2.24) is 4.98 Å². The summed E-state index contributed by atoms with van der Waals surface area (Å²) < 4.78 is 10.9. The van der Waals surface area contributed by atoms with Gasteiger partial charge < -0.3 is 20.2 Å². The number of hydrogen-bond donors (Lipinski definition) is 2. The lowest BCUT2D eigenvalue weighted by atomic mass is 10.2. The van der Waals surface area contributed by atoms with E-state index < -0.39 is 0 Å². The van der Waals surface area contributed by atoms with Crippen molar-refractivity contribution < 1.29 is 9.47 Å². The SMILES string of the molecule is COc1ccc(OCc2cc3ccc(CN)cc3[nH]2)cc1. The number of nitrogens with one attached hydrogen (secondary N) is 1. The third-order valence-corrected chi connectivity index (χ3v) is 3.43. The van der Waals surface area contributed by atoms with Crippen LogP contribution < -0.4 is 15.2 Å². The zero-order chi connectivity index (χ0) is 14.7. The van der Waals surface area contributed by atoms with Crippen molar-refractivity contribution in [2.24, 2.45) is 5.73 Å². The molecule has 0 aliphatic heterocycles. The number of benzene rings is 2. The molecular weight excluding hydrogens is 264 g/mol. The number of methoxy groups -OCH3 is 1. The molecule has 4 nitrogen and oxygen atoms in total. The molecular formula is C17H18N2O2. The second kappa shape index (κ2) is 5.89. The lowest BCUT2D eigenvalue weighted by Crippen LogP contribution is -1.96. The average Bonchev–Trinajstić information content (AvgIpc) is 2.95. The molecule has 0 saturated heterocycles. The van der Waals surface area contributed by atoms with Gasteiger partial charge in [0.25, 0.3) is 0 Å². The minimum absolute atomic E-state index is 0.499. The molecule has 0 bridgehead atoms. The molecule has 0 amide bonds. The monoisotopic (exact) mass is 282 g/mol. The van der Waals surface area contributed by atoms with E-state index in [1.54, 1.807) is 7.11 Å². The van der Waals surface area contributed by atoms with Crippen molar-refractivity contribution >= 4 is 10.9 Å². The number of H-pyrrole nitrogens is 1. The Bertz CT molecular complexity index is 732. The Morgan fingerprint density at radius 3 is 2.48 bits per heavy atom. The van der Waals surface area contributed by atoms with E-state index in [0.29, 0.717) is 13.2 Å². The first kappa shape index (κ1) is 13.5. The molecule has 0 radical (unpaired) electrons. The van der Waals surface area contributed by atoms with Gasteiger partial charge in [-0.05, 0) is 47.3 Å². The van der Waals surface area contributed by atoms with Gasteiger partial charge in [0.1, 0.15) is 18.1 Å². The zero-order valence-corrected chi connectivity index (χ0v) is 11.9. The van der Waals surface area contributed by atoms with E-state index in [0.717, 1.165) is 28.3 Å². The van der Waals surface area contributed by atoms with Crippen LogP contribution in [0.15, 0.2) is 48.5 Å². The van der Waals surface area contributed by atoms with Crippen LogP contribution in [0.25, 0.3) is 10.9 Å². The molecule has 0 unspecified atom stereocenters. The smallest absolute Gasteiger partial charge is 0.128 e. The largest absolute Gasteiger partial charge is 0.497 e. The number of aromatic nitrogens is 1. The first-order valence-electron chi connectivity index (χ1n) is 6.86. The molecule has 0 aliphatic rings. The lowest BCUT2D eigenvalue weighted by molar-refractivity contribution is 0.301. The van der Waals surface area contributed by atoms with E-state index in [-0.39, 0.29) is 0 Å². The van der Waals surface area contributed by atoms with Gasteiger partial charge >= 0.3 is 0 Å². The Kier molecular flexibility index (Phi) is 3.79. The van der Waals surface area contributed by atoms with Crippen molar-refractivity contribution in [1.29, 1.82) is 0 Å². The summed E-state index contributed by atoms with van der Waals surface area (Å²) in [6.45, 7) is 1.05. The van der Waals surface area contributed by atoms with Gasteiger partial charge in [0.05, 0.1) is 12.8 Å². The maximum atomic E-state index is 5.77. The second-order valence-electron chi connectivity index (χ2n) is 4.88. The Balaban J connectivity index is 1.72. The second-order valence-corrected chi connectivity index (χ2v) is 4.88. The van der Waals surface area contributed by atoms with Crippen LogP contribution >= 0.6 is 0 Å². The van der Waals surface area contributed by atoms with Crippen LogP contribution in [0.2, 0.25) is 0 Å². The van der Waals surface area contributed by atoms with E-state index >= 15 is 0 Å². The highest BCUT2D eigenvalue weighted by Crippen LogP contribution is 2.20. The highest BCUT2D eigenvalue weighted by atomic mass is 16.5. The number of fused-ring (bicyclic) bond motifs is 1. The van der Waals surface area contributed by atoms with Crippen LogP contribution in [0.4, 0.5) is 0 Å². The summed E-state index contributed by atoms with van der Waals surface area (Å²) in [5.41, 5.74) is 8.90. The van der Waals surface area contributed by atoms with E-state index in [2.05, 4.69) is 23.2 Å². The van der Waals surface area contributed by atoms with Crippen molar-refractivity contribution in [3.63, 3.8) is 0 Å². The summed E-state index contributed by atoms with van der Waals surface area (Å²) >= 11 is 0. The van der Waals surface area contributed by atoms with Crippen molar-refractivity contribution in [2.75, 3.05) is 7.11 Å². The molecule has 3 aromatic rings. The standard InChI is InChI=1S/C17H18N2O2/c1-20-15-4-6-16(7-5-15)21-11-14-9-13-3-2-12(10-18)8-17(13)19-14/h2-9,19H,10-11,18H2,1H3. The fourth-order valence-corrected chi connectivity index (χ4v) is 2.27. The Hall–Kier alpha value is -2.46. The summed E-state index contributed by atoms with van der Waals surface area (Å²) in [4.78, 5) is 3.36. The fourth-order valence-electron chi connectivity index (χ4n) is 2.27. The summed E-state index contributed by atoms with van der Waals surface area (Å²) in [6.07, 6.45) is 0. The van der Waals surface area contributed by atoms with Crippen LogP contribution in [0, 0.1) is 0 Å². The lowest BCUT2D eigenvalue weighted by Gasteiger charge is -2.05. The topological polar surface area (TPSA) is 60.3 Å². The highest BCUT2D eigenvalue weighted by molar-refractivity contribution is 5.81. The molecule has 0 fully saturated rings. The molecule has 3 rings (SSSR count). The van der Waals surface area contributed by atoms with Crippen molar-refractivity contribution in [3.8, 4) is 11.5 Å². The number of rotatable bonds is 5. The summed E-state index contributed by atoms with van der Waals surface area (Å²) in [5.74, 6) is 1.64. The highest BCUT2D eigenvalue weighted by Gasteiger charge is 2.03. The number of nitrogens with two attached hydrogens (primary N) is 1. The third kappa shape index (κ3) is 3.01. The molecule has 0 saturated carbocycles. The minimum atomic E-state index is 0.499. The van der Waals surface area contributed by atoms with E-state index in [4.69, 9.17) is 15.2 Å². The molecule has 2 aromatic carbocycles. The Morgan fingerprint density at radius 1 is 1.00 bits per heavy atom. The summed E-state index contributed by atoms with van der Waals surface area (Å²) in [5, 5.41) is 1.17. The van der Waals surface area contributed by atoms with Crippen LogP contribution in [0.5, 0.6) is 11.5 Å². The van der Waals surface area contributed by atoms with Gasteiger partial charge in [-0.15, -0.1) is 0 Å². The zero-order valence-electron chi connectivity index (χ0n) is 11.9. The molecule has 0 aliphatic carbocycles. The van der Waals surface area contributed by atoms with Gasteiger partial charge in [0.2, 0.25) is 0 Å². The normalized spacial score (nSPS) is 10.8. The third-order valence-electron chi connectivity index (χ3n) is 3.43. The van der Waals surface area contributed by atoms with Crippen LogP contribution in [0.3, 0.4) is 0 Å². The van der Waals surface area contributed by atoms with Gasteiger partial charge in [-0.2, -0.15) is 0 Å². The van der Waals surface area contributed by atoms with Gasteiger partial charge in [-0.3, -0.25) is 0 Å². The predicted octanol–water partition coefficient (Wildman–Crippen LogP) is 3.21. The maximum Gasteiger partial charge on any atom is 0.128 e. The van der Waals surface area contributed by atoms with Crippen molar-refractivity contribution in [3.05, 3.63) is 59.8 Å². The van der Waals surface area contributed by atoms with Crippen LogP contribution in [-0.4, -0.2) is 12.1 Å². The van der Waals surface area contributed by atoms with Gasteiger partial charge in [0.15, 0.2) is 0 Å². The molecule has 21 heavy (non-hydrogen) atoms. The van der Waals surface area contributed by atoms with E-state index in [1.807, 2.05) is 30.3 Å². The Labute approximate surface area is 123 Å². The molecule has 0 spiro atoms. The average molecular weight is 282 g/mol. The molecule has 1 aromatic heterocycles. The van der Waals surface area contributed by atoms with Gasteiger partial charge in [0, 0.05) is 12.1 Å². The van der Waals surface area contributed by atoms with Crippen LogP contribution in [-0.2, 0) is 13.2 Å². The molecule has 1 heterocycles. The van der Waals surface area contributed by atoms with E-state index in [9.17, 15) is 0 Å². The molecule has 0 atom stereocenters. The van der Waals surface area contributed by atoms with Gasteiger partial charge in [-0.25, -0.2) is 0 Å². The van der Waals surface area contributed by atoms with Crippen LogP contribution in [0.1, 0.15) is 11.3 Å². The molecule has 3 N–H and O–H groups in total. The fraction of sp³-hybridized carbons (Fsp3) is 0.176. The summed E-state index contributed by atoms with van der Waals surface area (Å²) in [6, 6.07) is 15.9. The maximum absolute atomic E-state index is 5.77. The Morgan fingerprint density at radius 2 is 1.76 bits per heavy atom.